The predicted molar refractivity (Wildman–Crippen MR) is 137 cm³/mol. The van der Waals surface area contributed by atoms with Crippen molar-refractivity contribution in [3.63, 3.8) is 0 Å². The highest BCUT2D eigenvalue weighted by Crippen LogP contribution is 2.35. The number of nitrogens with zero attached hydrogens (tertiary/aromatic N) is 3. The summed E-state index contributed by atoms with van der Waals surface area (Å²) >= 11 is 1.46. The van der Waals surface area contributed by atoms with Crippen molar-refractivity contribution >= 4 is 44.0 Å². The topological polar surface area (TPSA) is 92.1 Å². The van der Waals surface area contributed by atoms with Crippen molar-refractivity contribution in [2.24, 2.45) is 0 Å². The largest absolute Gasteiger partial charge is 0.378 e. The van der Waals surface area contributed by atoms with Gasteiger partial charge in [-0.05, 0) is 49.7 Å². The lowest BCUT2D eigenvalue weighted by Gasteiger charge is -2.34. The number of hydrogen-bond acceptors (Lipinski definition) is 7. The number of nitrogens with one attached hydrogen (secondary N) is 4. The number of piperazine rings is 1. The fourth-order valence-electron chi connectivity index (χ4n) is 4.94. The second kappa shape index (κ2) is 8.68. The number of thiophene rings is 1. The molecule has 10 heteroatoms. The Morgan fingerprint density at radius 1 is 1.18 bits per heavy atom. The average molecular weight is 482 g/mol. The summed E-state index contributed by atoms with van der Waals surface area (Å²) in [6, 6.07) is 7.79. The molecule has 0 amide bonds. The number of halogens is 1. The maximum absolute atomic E-state index is 14.7. The minimum absolute atomic E-state index is 0.236. The van der Waals surface area contributed by atoms with Crippen LogP contribution < -0.4 is 21.1 Å². The zero-order chi connectivity index (χ0) is 23.2. The van der Waals surface area contributed by atoms with Gasteiger partial charge >= 0.3 is 0 Å². The Labute approximate surface area is 200 Å². The number of aromatic amines is 2. The van der Waals surface area contributed by atoms with Crippen molar-refractivity contribution in [2.75, 3.05) is 56.5 Å². The van der Waals surface area contributed by atoms with Crippen LogP contribution in [-0.2, 0) is 0 Å². The van der Waals surface area contributed by atoms with Crippen LogP contribution in [0, 0.1) is 0 Å². The van der Waals surface area contributed by atoms with Crippen LogP contribution in [0.5, 0.6) is 0 Å². The first-order valence-corrected chi connectivity index (χ1v) is 12.6. The lowest BCUT2D eigenvalue weighted by molar-refractivity contribution is 0.245. The van der Waals surface area contributed by atoms with Gasteiger partial charge in [0.1, 0.15) is 22.4 Å². The molecule has 0 bridgehead atoms. The van der Waals surface area contributed by atoms with Gasteiger partial charge in [0.25, 0.3) is 5.56 Å². The first-order valence-electron chi connectivity index (χ1n) is 11.8. The molecule has 2 atom stereocenters. The van der Waals surface area contributed by atoms with E-state index in [-0.39, 0.29) is 11.6 Å². The van der Waals surface area contributed by atoms with Crippen molar-refractivity contribution < 1.29 is 4.39 Å². The standard InChI is InChI=1S/C24H28FN7OS/c1-31-7-9-32(10-8-31)14-2-3-18-19(12-14)29-22(28-18)20-21(27-17-4-6-26-13-16(17)25)15-5-11-34-24(15)30-23(20)33/h2-3,5,11-12,16-17,26H,4,6-10,13H2,1H3,(H,28,29)(H2,27,30,33)/t16-,17-/m0/s1. The zero-order valence-corrected chi connectivity index (χ0v) is 19.8. The molecule has 4 N–H and O–H groups in total. The van der Waals surface area contributed by atoms with Gasteiger partial charge < -0.3 is 30.4 Å². The Morgan fingerprint density at radius 3 is 2.85 bits per heavy atom. The molecule has 0 saturated carbocycles. The molecule has 0 radical (unpaired) electrons. The van der Waals surface area contributed by atoms with Gasteiger partial charge in [0, 0.05) is 43.8 Å². The van der Waals surface area contributed by atoms with Crippen LogP contribution in [0.2, 0.25) is 0 Å². The summed E-state index contributed by atoms with van der Waals surface area (Å²) < 4.78 is 14.7. The first-order chi connectivity index (χ1) is 16.6. The number of imidazole rings is 1. The number of anilines is 2. The van der Waals surface area contributed by atoms with Crippen molar-refractivity contribution in [1.29, 1.82) is 0 Å². The monoisotopic (exact) mass is 481 g/mol. The predicted octanol–water partition coefficient (Wildman–Crippen LogP) is 3.00. The third-order valence-electron chi connectivity index (χ3n) is 6.95. The molecular weight excluding hydrogens is 453 g/mol. The molecule has 2 saturated heterocycles. The van der Waals surface area contributed by atoms with Gasteiger partial charge in [0.15, 0.2) is 0 Å². The van der Waals surface area contributed by atoms with E-state index in [2.05, 4.69) is 49.6 Å². The normalized spacial score (nSPS) is 22.0. The highest BCUT2D eigenvalue weighted by Gasteiger charge is 2.28. The molecule has 0 spiro atoms. The molecule has 8 nitrogen and oxygen atoms in total. The highest BCUT2D eigenvalue weighted by atomic mass is 32.1. The average Bonchev–Trinajstić information content (AvgIpc) is 3.47. The van der Waals surface area contributed by atoms with Crippen LogP contribution in [0.1, 0.15) is 6.42 Å². The second-order valence-electron chi connectivity index (χ2n) is 9.20. The number of rotatable bonds is 4. The van der Waals surface area contributed by atoms with E-state index >= 15 is 0 Å². The molecule has 0 unspecified atom stereocenters. The summed E-state index contributed by atoms with van der Waals surface area (Å²) in [4.78, 5) is 29.8. The molecule has 1 aromatic carbocycles. The van der Waals surface area contributed by atoms with Crippen LogP contribution in [0.4, 0.5) is 15.8 Å². The minimum Gasteiger partial charge on any atom is -0.378 e. The summed E-state index contributed by atoms with van der Waals surface area (Å²) in [5, 5.41) is 9.28. The van der Waals surface area contributed by atoms with Gasteiger partial charge in [0.05, 0.1) is 22.8 Å². The Hall–Kier alpha value is -2.95. The molecule has 34 heavy (non-hydrogen) atoms. The van der Waals surface area contributed by atoms with Crippen molar-refractivity contribution in [2.45, 2.75) is 18.6 Å². The maximum Gasteiger partial charge on any atom is 0.262 e. The third-order valence-corrected chi connectivity index (χ3v) is 7.78. The van der Waals surface area contributed by atoms with Crippen LogP contribution >= 0.6 is 11.3 Å². The van der Waals surface area contributed by atoms with Crippen LogP contribution in [-0.4, -0.2) is 78.4 Å². The van der Waals surface area contributed by atoms with Crippen molar-refractivity contribution in [1.82, 2.24) is 25.2 Å². The molecule has 0 aliphatic carbocycles. The fraction of sp³-hybridized carbons (Fsp3) is 0.417. The van der Waals surface area contributed by atoms with Crippen LogP contribution in [0.3, 0.4) is 0 Å². The molecule has 2 aliphatic rings. The van der Waals surface area contributed by atoms with E-state index in [4.69, 9.17) is 4.98 Å². The van der Waals surface area contributed by atoms with Crippen molar-refractivity contribution in [3.8, 4) is 11.4 Å². The van der Waals surface area contributed by atoms with Gasteiger partial charge in [-0.2, -0.15) is 0 Å². The number of piperidine rings is 1. The summed E-state index contributed by atoms with van der Waals surface area (Å²) in [5.41, 5.74) is 3.66. The number of aromatic nitrogens is 3. The van der Waals surface area contributed by atoms with E-state index in [1.807, 2.05) is 17.5 Å². The summed E-state index contributed by atoms with van der Waals surface area (Å²) in [7, 11) is 2.14. The third kappa shape index (κ3) is 3.85. The minimum atomic E-state index is -1.03. The SMILES string of the molecule is CN1CCN(c2ccc3nc(-c4c(N[C@H]5CCNC[C@@H]5F)c5ccsc5[nH]c4=O)[nH]c3c2)CC1. The number of fused-ring (bicyclic) bond motifs is 2. The Bertz CT molecular complexity index is 1390. The number of hydrogen-bond donors (Lipinski definition) is 4. The lowest BCUT2D eigenvalue weighted by atomic mass is 10.0. The van der Waals surface area contributed by atoms with Gasteiger partial charge in [-0.3, -0.25) is 4.79 Å². The smallest absolute Gasteiger partial charge is 0.262 e. The quantitative estimate of drug-likeness (QED) is 0.358. The van der Waals surface area contributed by atoms with E-state index < -0.39 is 6.17 Å². The molecule has 6 rings (SSSR count). The number of pyridine rings is 1. The number of benzene rings is 1. The Kier molecular flexibility index (Phi) is 5.51. The number of H-pyrrole nitrogens is 2. The second-order valence-corrected chi connectivity index (χ2v) is 10.1. The molecule has 2 fully saturated rings. The van der Waals surface area contributed by atoms with Crippen molar-refractivity contribution in [3.05, 3.63) is 40.0 Å². The Balaban J connectivity index is 1.42. The maximum atomic E-state index is 14.7. The molecule has 178 valence electrons. The number of likely N-dealkylation sites (N-methyl/N-ethyl adjacent to an activating group) is 1. The van der Waals surface area contributed by atoms with E-state index in [1.54, 1.807) is 0 Å². The van der Waals surface area contributed by atoms with Gasteiger partial charge in [-0.15, -0.1) is 11.3 Å². The molecule has 3 aromatic heterocycles. The fourth-order valence-corrected chi connectivity index (χ4v) is 5.73. The van der Waals surface area contributed by atoms with Gasteiger partial charge in [0.2, 0.25) is 0 Å². The molecule has 5 heterocycles. The molecule has 2 aliphatic heterocycles. The van der Waals surface area contributed by atoms with Gasteiger partial charge in [-0.1, -0.05) is 0 Å². The molecule has 4 aromatic rings. The van der Waals surface area contributed by atoms with Gasteiger partial charge in [-0.25, -0.2) is 9.37 Å². The number of alkyl halides is 1. The first kappa shape index (κ1) is 21.6. The highest BCUT2D eigenvalue weighted by molar-refractivity contribution is 7.16. The van der Waals surface area contributed by atoms with Crippen LogP contribution in [0.25, 0.3) is 32.6 Å². The van der Waals surface area contributed by atoms with E-state index in [1.165, 1.54) is 11.3 Å². The van der Waals surface area contributed by atoms with E-state index in [0.29, 0.717) is 30.0 Å². The summed E-state index contributed by atoms with van der Waals surface area (Å²) in [6.07, 6.45) is -0.385. The summed E-state index contributed by atoms with van der Waals surface area (Å²) in [5.74, 6) is 0.492. The Morgan fingerprint density at radius 2 is 2.03 bits per heavy atom. The zero-order valence-electron chi connectivity index (χ0n) is 19.0. The lowest BCUT2D eigenvalue weighted by Crippen LogP contribution is -2.45. The molecular formula is C24H28FN7OS. The van der Waals surface area contributed by atoms with Crippen LogP contribution in [0.15, 0.2) is 34.4 Å². The summed E-state index contributed by atoms with van der Waals surface area (Å²) in [6.45, 7) is 5.07. The van der Waals surface area contributed by atoms with E-state index in [9.17, 15) is 9.18 Å². The van der Waals surface area contributed by atoms with E-state index in [0.717, 1.165) is 59.7 Å².